The first kappa shape index (κ1) is 18.1. The summed E-state index contributed by atoms with van der Waals surface area (Å²) in [6, 6.07) is 11.3. The van der Waals surface area contributed by atoms with Crippen LogP contribution in [0.5, 0.6) is 11.5 Å². The Balaban J connectivity index is 1.77. The topological polar surface area (TPSA) is 69.4 Å². The van der Waals surface area contributed by atoms with Crippen LogP contribution < -0.4 is 14.8 Å². The number of rotatable bonds is 7. The van der Waals surface area contributed by atoms with Gasteiger partial charge in [-0.3, -0.25) is 0 Å². The Labute approximate surface area is 157 Å². The van der Waals surface area contributed by atoms with Crippen molar-refractivity contribution in [1.29, 1.82) is 0 Å². The average Bonchev–Trinajstić information content (AvgIpc) is 3.12. The lowest BCUT2D eigenvalue weighted by Crippen LogP contribution is -2.02. The average molecular weight is 374 g/mol. The molecule has 0 unspecified atom stereocenters. The van der Waals surface area contributed by atoms with Crippen molar-refractivity contribution in [3.63, 3.8) is 0 Å². The van der Waals surface area contributed by atoms with Crippen LogP contribution in [0, 0.1) is 6.92 Å². The van der Waals surface area contributed by atoms with E-state index in [1.807, 2.05) is 44.2 Å². The van der Waals surface area contributed by atoms with Crippen LogP contribution >= 0.6 is 11.6 Å². The Morgan fingerprint density at radius 2 is 2.00 bits per heavy atom. The number of nitrogens with one attached hydrogen (secondary N) is 1. The number of methoxy groups -OCH3 is 1. The van der Waals surface area contributed by atoms with Gasteiger partial charge in [0.2, 0.25) is 11.7 Å². The third-order valence-corrected chi connectivity index (χ3v) is 4.21. The Kier molecular flexibility index (Phi) is 5.63. The molecule has 0 spiro atoms. The summed E-state index contributed by atoms with van der Waals surface area (Å²) in [5.74, 6) is 2.33. The van der Waals surface area contributed by atoms with Gasteiger partial charge in [-0.1, -0.05) is 28.9 Å². The molecule has 26 heavy (non-hydrogen) atoms. The SMILES string of the molecule is CCOc1ccccc1-c1noc(CNc2cc(C)c(Cl)cc2OC)n1. The molecule has 136 valence electrons. The van der Waals surface area contributed by atoms with Crippen molar-refractivity contribution in [1.82, 2.24) is 10.1 Å². The molecule has 0 aliphatic heterocycles. The maximum atomic E-state index is 6.13. The molecule has 1 N–H and O–H groups in total. The summed E-state index contributed by atoms with van der Waals surface area (Å²) in [5, 5.41) is 7.95. The van der Waals surface area contributed by atoms with Crippen LogP contribution in [0.15, 0.2) is 40.9 Å². The van der Waals surface area contributed by atoms with Crippen molar-refractivity contribution in [3.8, 4) is 22.9 Å². The molecule has 0 aliphatic carbocycles. The predicted octanol–water partition coefficient (Wildman–Crippen LogP) is 4.72. The normalized spacial score (nSPS) is 10.6. The molecular weight excluding hydrogens is 354 g/mol. The molecule has 0 fully saturated rings. The lowest BCUT2D eigenvalue weighted by atomic mass is 10.2. The van der Waals surface area contributed by atoms with Crippen LogP contribution in [0.25, 0.3) is 11.4 Å². The molecule has 0 aliphatic rings. The van der Waals surface area contributed by atoms with Gasteiger partial charge in [0.05, 0.1) is 31.5 Å². The minimum Gasteiger partial charge on any atom is -0.495 e. The number of ether oxygens (including phenoxy) is 2. The van der Waals surface area contributed by atoms with Crippen LogP contribution in [-0.2, 0) is 6.54 Å². The van der Waals surface area contributed by atoms with E-state index in [0.717, 1.165) is 22.6 Å². The van der Waals surface area contributed by atoms with Crippen molar-refractivity contribution >= 4 is 17.3 Å². The standard InChI is InChI=1S/C19H20ClN3O3/c1-4-25-16-8-6-5-7-13(16)19-22-18(26-23-19)11-21-15-9-12(2)14(20)10-17(15)24-3/h5-10,21H,4,11H2,1-3H3. The van der Waals surface area contributed by atoms with E-state index in [-0.39, 0.29) is 0 Å². The number of nitrogens with zero attached hydrogens (tertiary/aromatic N) is 2. The molecule has 3 rings (SSSR count). The van der Waals surface area contributed by atoms with E-state index in [1.54, 1.807) is 13.2 Å². The highest BCUT2D eigenvalue weighted by molar-refractivity contribution is 6.31. The van der Waals surface area contributed by atoms with Crippen LogP contribution in [0.2, 0.25) is 5.02 Å². The summed E-state index contributed by atoms with van der Waals surface area (Å²) < 4.78 is 16.3. The van der Waals surface area contributed by atoms with Crippen LogP contribution in [0.3, 0.4) is 0 Å². The number of aromatic nitrogens is 2. The van der Waals surface area contributed by atoms with E-state index in [9.17, 15) is 0 Å². The largest absolute Gasteiger partial charge is 0.495 e. The molecule has 2 aromatic carbocycles. The highest BCUT2D eigenvalue weighted by Gasteiger charge is 2.14. The second-order valence-electron chi connectivity index (χ2n) is 5.60. The lowest BCUT2D eigenvalue weighted by Gasteiger charge is -2.11. The first-order valence-corrected chi connectivity index (χ1v) is 8.63. The van der Waals surface area contributed by atoms with Gasteiger partial charge in [-0.15, -0.1) is 0 Å². The molecular formula is C19H20ClN3O3. The number of para-hydroxylation sites is 1. The molecule has 1 heterocycles. The van der Waals surface area contributed by atoms with Crippen molar-refractivity contribution in [2.24, 2.45) is 0 Å². The first-order valence-electron chi connectivity index (χ1n) is 8.25. The molecule has 1 aromatic heterocycles. The van der Waals surface area contributed by atoms with E-state index in [2.05, 4.69) is 15.5 Å². The van der Waals surface area contributed by atoms with E-state index < -0.39 is 0 Å². The molecule has 0 saturated carbocycles. The first-order chi connectivity index (χ1) is 12.6. The van der Waals surface area contributed by atoms with Crippen molar-refractivity contribution in [2.75, 3.05) is 19.0 Å². The Hall–Kier alpha value is -2.73. The van der Waals surface area contributed by atoms with Crippen LogP contribution in [0.1, 0.15) is 18.4 Å². The maximum absolute atomic E-state index is 6.13. The van der Waals surface area contributed by atoms with Gasteiger partial charge in [0.15, 0.2) is 0 Å². The Morgan fingerprint density at radius 1 is 1.19 bits per heavy atom. The van der Waals surface area contributed by atoms with E-state index >= 15 is 0 Å². The monoisotopic (exact) mass is 373 g/mol. The minimum absolute atomic E-state index is 0.362. The minimum atomic E-state index is 0.362. The fraction of sp³-hybridized carbons (Fsp3) is 0.263. The van der Waals surface area contributed by atoms with Gasteiger partial charge in [-0.25, -0.2) is 0 Å². The quantitative estimate of drug-likeness (QED) is 0.646. The smallest absolute Gasteiger partial charge is 0.246 e. The van der Waals surface area contributed by atoms with Crippen molar-refractivity contribution < 1.29 is 14.0 Å². The van der Waals surface area contributed by atoms with Crippen LogP contribution in [-0.4, -0.2) is 23.9 Å². The molecule has 7 heteroatoms. The molecule has 0 radical (unpaired) electrons. The van der Waals surface area contributed by atoms with E-state index in [1.165, 1.54) is 0 Å². The number of benzene rings is 2. The van der Waals surface area contributed by atoms with Gasteiger partial charge in [-0.2, -0.15) is 4.98 Å². The van der Waals surface area contributed by atoms with E-state index in [4.69, 9.17) is 25.6 Å². The molecule has 0 saturated heterocycles. The van der Waals surface area contributed by atoms with Crippen molar-refractivity contribution in [2.45, 2.75) is 20.4 Å². The summed E-state index contributed by atoms with van der Waals surface area (Å²) >= 11 is 6.13. The van der Waals surface area contributed by atoms with Gasteiger partial charge < -0.3 is 19.3 Å². The zero-order chi connectivity index (χ0) is 18.5. The second kappa shape index (κ2) is 8.10. The molecule has 6 nitrogen and oxygen atoms in total. The molecule has 0 atom stereocenters. The Bertz CT molecular complexity index is 895. The summed E-state index contributed by atoms with van der Waals surface area (Å²) in [7, 11) is 1.60. The third kappa shape index (κ3) is 3.91. The zero-order valence-corrected chi connectivity index (χ0v) is 15.6. The number of halogens is 1. The second-order valence-corrected chi connectivity index (χ2v) is 6.00. The zero-order valence-electron chi connectivity index (χ0n) is 14.9. The number of hydrogen-bond acceptors (Lipinski definition) is 6. The predicted molar refractivity (Wildman–Crippen MR) is 101 cm³/mol. The highest BCUT2D eigenvalue weighted by atomic mass is 35.5. The summed E-state index contributed by atoms with van der Waals surface area (Å²) in [4.78, 5) is 4.45. The van der Waals surface area contributed by atoms with Crippen LogP contribution in [0.4, 0.5) is 5.69 Å². The van der Waals surface area contributed by atoms with Gasteiger partial charge in [0.1, 0.15) is 11.5 Å². The summed E-state index contributed by atoms with van der Waals surface area (Å²) in [5.41, 5.74) is 2.56. The van der Waals surface area contributed by atoms with Crippen molar-refractivity contribution in [3.05, 3.63) is 52.9 Å². The summed E-state index contributed by atoms with van der Waals surface area (Å²) in [6.07, 6.45) is 0. The number of aryl methyl sites for hydroxylation is 1. The van der Waals surface area contributed by atoms with Gasteiger partial charge in [0, 0.05) is 11.1 Å². The molecule has 3 aromatic rings. The van der Waals surface area contributed by atoms with Gasteiger partial charge in [0.25, 0.3) is 0 Å². The number of anilines is 1. The summed E-state index contributed by atoms with van der Waals surface area (Å²) in [6.45, 7) is 4.80. The third-order valence-electron chi connectivity index (χ3n) is 3.81. The number of hydrogen-bond donors (Lipinski definition) is 1. The fourth-order valence-electron chi connectivity index (χ4n) is 2.51. The van der Waals surface area contributed by atoms with E-state index in [0.29, 0.717) is 35.6 Å². The lowest BCUT2D eigenvalue weighted by molar-refractivity contribution is 0.341. The molecule has 0 bridgehead atoms. The Morgan fingerprint density at radius 3 is 2.77 bits per heavy atom. The molecule has 0 amide bonds. The highest BCUT2D eigenvalue weighted by Crippen LogP contribution is 2.31. The van der Waals surface area contributed by atoms with Gasteiger partial charge >= 0.3 is 0 Å². The maximum Gasteiger partial charge on any atom is 0.246 e. The van der Waals surface area contributed by atoms with Gasteiger partial charge in [-0.05, 0) is 37.6 Å². The fourth-order valence-corrected chi connectivity index (χ4v) is 2.66.